The van der Waals surface area contributed by atoms with Crippen LogP contribution in [0.2, 0.25) is 0 Å². The third-order valence-electron chi connectivity index (χ3n) is 2.29. The summed E-state index contributed by atoms with van der Waals surface area (Å²) in [6.07, 6.45) is 0. The average Bonchev–Trinajstić information content (AvgIpc) is 2.53. The van der Waals surface area contributed by atoms with Crippen LogP contribution in [-0.4, -0.2) is 17.7 Å². The highest BCUT2D eigenvalue weighted by molar-refractivity contribution is 6.26. The van der Waals surface area contributed by atoms with Gasteiger partial charge in [-0.3, -0.25) is 25.1 Å². The van der Waals surface area contributed by atoms with Crippen molar-refractivity contribution >= 4 is 23.4 Å². The molecule has 7 nitrogen and oxygen atoms in total. The van der Waals surface area contributed by atoms with Gasteiger partial charge in [0, 0.05) is 5.69 Å². The quantitative estimate of drug-likeness (QED) is 0.155. The van der Waals surface area contributed by atoms with Crippen molar-refractivity contribution < 1.29 is 14.4 Å². The van der Waals surface area contributed by atoms with Gasteiger partial charge in [-0.2, -0.15) is 0 Å². The maximum Gasteiger partial charge on any atom is 0.268 e. The number of nitrogens with one attached hydrogen (secondary N) is 2. The third-order valence-corrected chi connectivity index (χ3v) is 2.29. The zero-order valence-corrected chi connectivity index (χ0v) is 8.03. The smallest absolute Gasteiger partial charge is 0.268 e. The maximum absolute atomic E-state index is 11.5. The first-order valence-electron chi connectivity index (χ1n) is 4.35. The summed E-state index contributed by atoms with van der Waals surface area (Å²) < 4.78 is 0. The Morgan fingerprint density at radius 2 is 1.94 bits per heavy atom. The molecular weight excluding hydrogens is 212 g/mol. The van der Waals surface area contributed by atoms with Crippen molar-refractivity contribution in [3.8, 4) is 0 Å². The van der Waals surface area contributed by atoms with Gasteiger partial charge >= 0.3 is 0 Å². The van der Waals surface area contributed by atoms with E-state index in [1.807, 2.05) is 5.43 Å². The number of benzene rings is 1. The van der Waals surface area contributed by atoms with Crippen molar-refractivity contribution in [2.75, 3.05) is 5.73 Å². The largest absolute Gasteiger partial charge is 0.398 e. The first-order chi connectivity index (χ1) is 7.56. The van der Waals surface area contributed by atoms with Gasteiger partial charge in [-0.05, 0) is 12.1 Å². The Bertz CT molecular complexity index is 524. The van der Waals surface area contributed by atoms with Gasteiger partial charge in [-0.1, -0.05) is 0 Å². The monoisotopic (exact) mass is 220 g/mol. The van der Waals surface area contributed by atoms with E-state index in [2.05, 4.69) is 5.32 Å². The number of hydrogen-bond donors (Lipinski definition) is 4. The zero-order valence-electron chi connectivity index (χ0n) is 8.03. The van der Waals surface area contributed by atoms with Crippen molar-refractivity contribution in [1.82, 2.24) is 10.7 Å². The lowest BCUT2D eigenvalue weighted by molar-refractivity contribution is 0.0871. The fourth-order valence-electron chi connectivity index (χ4n) is 1.59. The number of rotatable bonds is 1. The summed E-state index contributed by atoms with van der Waals surface area (Å²) in [6.45, 7) is 0. The molecule has 1 heterocycles. The Morgan fingerprint density at radius 1 is 1.25 bits per heavy atom. The van der Waals surface area contributed by atoms with E-state index in [9.17, 15) is 14.4 Å². The molecule has 2 rings (SSSR count). The molecule has 0 atom stereocenters. The summed E-state index contributed by atoms with van der Waals surface area (Å²) in [5, 5.41) is 2.07. The number of imide groups is 1. The molecule has 6 N–H and O–H groups in total. The van der Waals surface area contributed by atoms with Gasteiger partial charge in [0.25, 0.3) is 17.7 Å². The molecule has 1 aliphatic rings. The van der Waals surface area contributed by atoms with Crippen molar-refractivity contribution in [3.05, 3.63) is 28.8 Å². The van der Waals surface area contributed by atoms with Gasteiger partial charge in [-0.15, -0.1) is 0 Å². The molecule has 1 aromatic carbocycles. The summed E-state index contributed by atoms with van der Waals surface area (Å²) in [5.41, 5.74) is 7.54. The van der Waals surface area contributed by atoms with E-state index in [4.69, 9.17) is 11.6 Å². The second-order valence-electron chi connectivity index (χ2n) is 3.21. The van der Waals surface area contributed by atoms with Crippen LogP contribution in [0.5, 0.6) is 0 Å². The van der Waals surface area contributed by atoms with E-state index in [1.165, 1.54) is 12.1 Å². The number of carbonyl (C=O) groups is 3. The Hall–Kier alpha value is -2.41. The molecule has 0 aromatic heterocycles. The van der Waals surface area contributed by atoms with Crippen molar-refractivity contribution in [1.29, 1.82) is 0 Å². The van der Waals surface area contributed by atoms with Gasteiger partial charge in [0.2, 0.25) is 0 Å². The number of anilines is 1. The van der Waals surface area contributed by atoms with Gasteiger partial charge in [-0.25, -0.2) is 5.84 Å². The number of hydrazine groups is 1. The molecular formula is C9H8N4O3. The third kappa shape index (κ3) is 1.22. The number of amides is 3. The molecule has 16 heavy (non-hydrogen) atoms. The number of hydrogen-bond acceptors (Lipinski definition) is 5. The SMILES string of the molecule is NNC(=O)c1c(N)ccc2c1C(=O)NC2=O. The molecule has 0 spiro atoms. The van der Waals surface area contributed by atoms with Crippen LogP contribution in [0.1, 0.15) is 31.1 Å². The summed E-state index contributed by atoms with van der Waals surface area (Å²) in [4.78, 5) is 34.2. The second-order valence-corrected chi connectivity index (χ2v) is 3.21. The Kier molecular flexibility index (Phi) is 2.10. The molecule has 0 aliphatic carbocycles. The van der Waals surface area contributed by atoms with Gasteiger partial charge < -0.3 is 5.73 Å². The minimum Gasteiger partial charge on any atom is -0.398 e. The highest BCUT2D eigenvalue weighted by Gasteiger charge is 2.32. The normalized spacial score (nSPS) is 13.3. The van der Waals surface area contributed by atoms with Crippen molar-refractivity contribution in [2.24, 2.45) is 5.84 Å². The van der Waals surface area contributed by atoms with Crippen LogP contribution in [0.3, 0.4) is 0 Å². The summed E-state index contributed by atoms with van der Waals surface area (Å²) >= 11 is 0. The number of carbonyl (C=O) groups excluding carboxylic acids is 3. The molecule has 7 heteroatoms. The lowest BCUT2D eigenvalue weighted by Gasteiger charge is -2.07. The molecule has 0 saturated heterocycles. The molecule has 0 fully saturated rings. The highest BCUT2D eigenvalue weighted by Crippen LogP contribution is 2.24. The molecule has 3 amide bonds. The fraction of sp³-hybridized carbons (Fsp3) is 0. The Labute approximate surface area is 89.8 Å². The van der Waals surface area contributed by atoms with E-state index in [1.54, 1.807) is 0 Å². The first-order valence-corrected chi connectivity index (χ1v) is 4.35. The van der Waals surface area contributed by atoms with E-state index < -0.39 is 17.7 Å². The standard InChI is InChI=1S/C9H8N4O3/c10-4-2-1-3-5(6(4)9(16)13-11)8(15)12-7(3)14/h1-2H,10-11H2,(H,13,16)(H,12,14,15). The molecule has 0 bridgehead atoms. The molecule has 1 aliphatic heterocycles. The van der Waals surface area contributed by atoms with E-state index in [0.29, 0.717) is 0 Å². The molecule has 82 valence electrons. The lowest BCUT2D eigenvalue weighted by Crippen LogP contribution is -2.32. The van der Waals surface area contributed by atoms with Crippen molar-refractivity contribution in [3.63, 3.8) is 0 Å². The number of nitrogen functional groups attached to an aromatic ring is 2. The van der Waals surface area contributed by atoms with Crippen LogP contribution in [0.25, 0.3) is 0 Å². The number of nitrogens with two attached hydrogens (primary N) is 2. The van der Waals surface area contributed by atoms with E-state index in [-0.39, 0.29) is 22.4 Å². The zero-order chi connectivity index (χ0) is 11.9. The van der Waals surface area contributed by atoms with Gasteiger partial charge in [0.15, 0.2) is 0 Å². The molecule has 1 aromatic rings. The molecule has 0 unspecified atom stereocenters. The van der Waals surface area contributed by atoms with Crippen LogP contribution in [0.15, 0.2) is 12.1 Å². The Morgan fingerprint density at radius 3 is 2.56 bits per heavy atom. The van der Waals surface area contributed by atoms with Crippen LogP contribution >= 0.6 is 0 Å². The van der Waals surface area contributed by atoms with Gasteiger partial charge in [0.05, 0.1) is 16.7 Å². The molecule has 0 radical (unpaired) electrons. The summed E-state index contributed by atoms with van der Waals surface area (Å²) in [6, 6.07) is 2.76. The van der Waals surface area contributed by atoms with Crippen LogP contribution in [-0.2, 0) is 0 Å². The topological polar surface area (TPSA) is 127 Å². The van der Waals surface area contributed by atoms with E-state index >= 15 is 0 Å². The predicted molar refractivity (Wildman–Crippen MR) is 54.3 cm³/mol. The van der Waals surface area contributed by atoms with Gasteiger partial charge in [0.1, 0.15) is 0 Å². The Balaban J connectivity index is 2.74. The fourth-order valence-corrected chi connectivity index (χ4v) is 1.59. The summed E-state index contributed by atoms with van der Waals surface area (Å²) in [7, 11) is 0. The maximum atomic E-state index is 11.5. The number of fused-ring (bicyclic) bond motifs is 1. The first kappa shape index (κ1) is 10.1. The van der Waals surface area contributed by atoms with Crippen LogP contribution < -0.4 is 22.3 Å². The second kappa shape index (κ2) is 3.31. The van der Waals surface area contributed by atoms with E-state index in [0.717, 1.165) is 0 Å². The molecule has 0 saturated carbocycles. The van der Waals surface area contributed by atoms with Crippen LogP contribution in [0, 0.1) is 0 Å². The minimum absolute atomic E-state index is 0.0343. The minimum atomic E-state index is -0.709. The average molecular weight is 220 g/mol. The van der Waals surface area contributed by atoms with Crippen molar-refractivity contribution in [2.45, 2.75) is 0 Å². The highest BCUT2D eigenvalue weighted by atomic mass is 16.2. The lowest BCUT2D eigenvalue weighted by atomic mass is 10.0. The van der Waals surface area contributed by atoms with Crippen LogP contribution in [0.4, 0.5) is 5.69 Å². The predicted octanol–water partition coefficient (Wildman–Crippen LogP) is -1.24. The summed E-state index contributed by atoms with van der Waals surface area (Å²) in [5.74, 6) is 3.07.